The Bertz CT molecular complexity index is 771. The third-order valence-corrected chi connectivity index (χ3v) is 5.90. The van der Waals surface area contributed by atoms with Crippen LogP contribution >= 0.6 is 0 Å². The summed E-state index contributed by atoms with van der Waals surface area (Å²) in [5.74, 6) is 0.251. The van der Waals surface area contributed by atoms with Gasteiger partial charge < -0.3 is 4.42 Å². The largest absolute Gasteiger partial charge is 0.468 e. The molecule has 1 aromatic carbocycles. The number of furan rings is 1. The van der Waals surface area contributed by atoms with Crippen LogP contribution in [0.15, 0.2) is 47.1 Å². The maximum absolute atomic E-state index is 13.6. The molecule has 0 amide bonds. The number of aryl methyl sites for hydroxylation is 1. The number of benzene rings is 1. The third-order valence-electron chi connectivity index (χ3n) is 4.55. The van der Waals surface area contributed by atoms with Gasteiger partial charge in [0.25, 0.3) is 0 Å². The number of halogens is 1. The molecular formula is C18H23FN2O3S. The summed E-state index contributed by atoms with van der Waals surface area (Å²) in [6.45, 7) is 2.12. The van der Waals surface area contributed by atoms with E-state index in [1.54, 1.807) is 24.5 Å². The number of nitrogens with one attached hydrogen (secondary N) is 1. The first-order valence-electron chi connectivity index (χ1n) is 8.53. The number of rotatable bonds is 8. The SMILES string of the molecule is O=S(=O)(CCc1ccccc1F)NCC(c1ccco1)N1CCCC1. The smallest absolute Gasteiger partial charge is 0.211 e. The van der Waals surface area contributed by atoms with Gasteiger partial charge in [-0.25, -0.2) is 17.5 Å². The first-order valence-corrected chi connectivity index (χ1v) is 10.2. The standard InChI is InChI=1S/C18H23FN2O3S/c19-16-7-2-1-6-15(16)9-13-25(22,23)20-14-17(18-8-5-12-24-18)21-10-3-4-11-21/h1-2,5-8,12,17,20H,3-4,9-11,13-14H2. The Morgan fingerprint density at radius 3 is 2.60 bits per heavy atom. The summed E-state index contributed by atoms with van der Waals surface area (Å²) in [5.41, 5.74) is 0.412. The average Bonchev–Trinajstić information content (AvgIpc) is 3.28. The van der Waals surface area contributed by atoms with E-state index in [0.29, 0.717) is 5.56 Å². The van der Waals surface area contributed by atoms with E-state index in [1.807, 2.05) is 12.1 Å². The second-order valence-corrected chi connectivity index (χ2v) is 8.21. The first kappa shape index (κ1) is 18.1. The molecule has 7 heteroatoms. The van der Waals surface area contributed by atoms with Crippen LogP contribution in [0.25, 0.3) is 0 Å². The topological polar surface area (TPSA) is 62.6 Å². The fourth-order valence-electron chi connectivity index (χ4n) is 3.17. The van der Waals surface area contributed by atoms with Gasteiger partial charge in [0.1, 0.15) is 11.6 Å². The van der Waals surface area contributed by atoms with Crippen LogP contribution in [-0.2, 0) is 16.4 Å². The number of hydrogen-bond donors (Lipinski definition) is 1. The van der Waals surface area contributed by atoms with Gasteiger partial charge in [-0.05, 0) is 56.1 Å². The predicted octanol–water partition coefficient (Wildman–Crippen LogP) is 2.72. The molecule has 1 aliphatic rings. The first-order chi connectivity index (χ1) is 12.1. The van der Waals surface area contributed by atoms with Crippen LogP contribution in [0.4, 0.5) is 4.39 Å². The lowest BCUT2D eigenvalue weighted by Crippen LogP contribution is -2.37. The second-order valence-electron chi connectivity index (χ2n) is 6.28. The molecule has 1 saturated heterocycles. The van der Waals surface area contributed by atoms with E-state index in [1.165, 1.54) is 6.07 Å². The third kappa shape index (κ3) is 4.90. The van der Waals surface area contributed by atoms with E-state index in [4.69, 9.17) is 4.42 Å². The number of sulfonamides is 1. The average molecular weight is 366 g/mol. The molecule has 5 nitrogen and oxygen atoms in total. The van der Waals surface area contributed by atoms with Crippen molar-refractivity contribution in [3.63, 3.8) is 0 Å². The van der Waals surface area contributed by atoms with Gasteiger partial charge in [-0.3, -0.25) is 4.90 Å². The van der Waals surface area contributed by atoms with Crippen LogP contribution in [-0.4, -0.2) is 38.7 Å². The van der Waals surface area contributed by atoms with Crippen molar-refractivity contribution < 1.29 is 17.2 Å². The van der Waals surface area contributed by atoms with E-state index < -0.39 is 10.0 Å². The highest BCUT2D eigenvalue weighted by Gasteiger charge is 2.27. The molecule has 1 aromatic heterocycles. The number of nitrogens with zero attached hydrogens (tertiary/aromatic N) is 1. The molecule has 3 rings (SSSR count). The molecule has 25 heavy (non-hydrogen) atoms. The van der Waals surface area contributed by atoms with E-state index in [0.717, 1.165) is 31.7 Å². The van der Waals surface area contributed by atoms with Gasteiger partial charge in [-0.15, -0.1) is 0 Å². The van der Waals surface area contributed by atoms with Crippen molar-refractivity contribution in [2.45, 2.75) is 25.3 Å². The maximum Gasteiger partial charge on any atom is 0.211 e. The van der Waals surface area contributed by atoms with Gasteiger partial charge in [0.15, 0.2) is 0 Å². The zero-order valence-electron chi connectivity index (χ0n) is 14.0. The molecule has 1 fully saturated rings. The minimum absolute atomic E-state index is 0.110. The summed E-state index contributed by atoms with van der Waals surface area (Å²) in [6.07, 6.45) is 3.97. The highest BCUT2D eigenvalue weighted by molar-refractivity contribution is 7.89. The van der Waals surface area contributed by atoms with E-state index >= 15 is 0 Å². The van der Waals surface area contributed by atoms with E-state index in [2.05, 4.69) is 9.62 Å². The minimum Gasteiger partial charge on any atom is -0.468 e. The van der Waals surface area contributed by atoms with Crippen molar-refractivity contribution in [3.05, 3.63) is 59.8 Å². The molecule has 0 aliphatic carbocycles. The molecule has 0 bridgehead atoms. The number of hydrogen-bond acceptors (Lipinski definition) is 4. The normalized spacial score (nSPS) is 17.0. The molecule has 0 radical (unpaired) electrons. The molecule has 1 unspecified atom stereocenters. The van der Waals surface area contributed by atoms with Gasteiger partial charge in [0.2, 0.25) is 10.0 Å². The van der Waals surface area contributed by atoms with Crippen LogP contribution in [0.2, 0.25) is 0 Å². The highest BCUT2D eigenvalue weighted by atomic mass is 32.2. The van der Waals surface area contributed by atoms with E-state index in [-0.39, 0.29) is 30.6 Å². The zero-order valence-corrected chi connectivity index (χ0v) is 14.8. The summed E-state index contributed by atoms with van der Waals surface area (Å²) < 4.78 is 46.4. The Labute approximate surface area is 147 Å². The monoisotopic (exact) mass is 366 g/mol. The van der Waals surface area contributed by atoms with Crippen molar-refractivity contribution in [1.29, 1.82) is 0 Å². The van der Waals surface area contributed by atoms with Crippen LogP contribution in [0.3, 0.4) is 0 Å². The fraction of sp³-hybridized carbons (Fsp3) is 0.444. The molecule has 136 valence electrons. The van der Waals surface area contributed by atoms with Crippen molar-refractivity contribution >= 4 is 10.0 Å². The van der Waals surface area contributed by atoms with Crippen LogP contribution < -0.4 is 4.72 Å². The quantitative estimate of drug-likeness (QED) is 0.780. The molecule has 2 heterocycles. The Balaban J connectivity index is 1.60. The van der Waals surface area contributed by atoms with Crippen molar-refractivity contribution in [3.8, 4) is 0 Å². The molecule has 0 saturated carbocycles. The summed E-state index contributed by atoms with van der Waals surface area (Å²) in [4.78, 5) is 2.23. The van der Waals surface area contributed by atoms with Crippen LogP contribution in [0.5, 0.6) is 0 Å². The van der Waals surface area contributed by atoms with Crippen molar-refractivity contribution in [2.75, 3.05) is 25.4 Å². The molecule has 1 atom stereocenters. The maximum atomic E-state index is 13.6. The lowest BCUT2D eigenvalue weighted by atomic mass is 10.2. The second kappa shape index (κ2) is 8.12. The Morgan fingerprint density at radius 2 is 1.92 bits per heavy atom. The number of likely N-dealkylation sites (tertiary alicyclic amines) is 1. The van der Waals surface area contributed by atoms with Crippen LogP contribution in [0, 0.1) is 5.82 Å². The molecular weight excluding hydrogens is 343 g/mol. The Kier molecular flexibility index (Phi) is 5.88. The molecule has 0 spiro atoms. The molecule has 2 aromatic rings. The van der Waals surface area contributed by atoms with Gasteiger partial charge in [-0.1, -0.05) is 18.2 Å². The highest BCUT2D eigenvalue weighted by Crippen LogP contribution is 2.25. The van der Waals surface area contributed by atoms with Gasteiger partial charge >= 0.3 is 0 Å². The molecule has 1 aliphatic heterocycles. The summed E-state index contributed by atoms with van der Waals surface area (Å²) in [6, 6.07) is 9.83. The Morgan fingerprint density at radius 1 is 1.16 bits per heavy atom. The Hall–Kier alpha value is -1.70. The zero-order chi connectivity index (χ0) is 17.7. The van der Waals surface area contributed by atoms with Gasteiger partial charge in [0, 0.05) is 6.54 Å². The predicted molar refractivity (Wildman–Crippen MR) is 94.1 cm³/mol. The lowest BCUT2D eigenvalue weighted by molar-refractivity contribution is 0.216. The van der Waals surface area contributed by atoms with E-state index in [9.17, 15) is 12.8 Å². The van der Waals surface area contributed by atoms with Gasteiger partial charge in [0.05, 0.1) is 18.1 Å². The molecule has 1 N–H and O–H groups in total. The summed E-state index contributed by atoms with van der Waals surface area (Å²) in [7, 11) is -3.50. The lowest BCUT2D eigenvalue weighted by Gasteiger charge is -2.25. The van der Waals surface area contributed by atoms with Gasteiger partial charge in [-0.2, -0.15) is 0 Å². The van der Waals surface area contributed by atoms with Crippen LogP contribution in [0.1, 0.15) is 30.2 Å². The summed E-state index contributed by atoms with van der Waals surface area (Å²) in [5, 5.41) is 0. The van der Waals surface area contributed by atoms with Crippen molar-refractivity contribution in [2.24, 2.45) is 0 Å². The fourth-order valence-corrected chi connectivity index (χ4v) is 4.21. The minimum atomic E-state index is -3.50. The van der Waals surface area contributed by atoms with Crippen molar-refractivity contribution in [1.82, 2.24) is 9.62 Å². The summed E-state index contributed by atoms with van der Waals surface area (Å²) >= 11 is 0.